The molecule has 2 atom stereocenters. The van der Waals surface area contributed by atoms with Crippen LogP contribution in [-0.4, -0.2) is 82.3 Å². The summed E-state index contributed by atoms with van der Waals surface area (Å²) in [5.41, 5.74) is 0. The number of ether oxygens (including phenoxy) is 4. The minimum atomic E-state index is -1.62. The van der Waals surface area contributed by atoms with Gasteiger partial charge in [-0.1, -0.05) is 281 Å². The first-order valence-electron chi connectivity index (χ1n) is 31.8. The topological polar surface area (TPSA) is 111 Å². The molecule has 9 heteroatoms. The van der Waals surface area contributed by atoms with E-state index in [1.54, 1.807) is 0 Å². The van der Waals surface area contributed by atoms with Crippen molar-refractivity contribution in [2.24, 2.45) is 0 Å². The second kappa shape index (κ2) is 57.4. The van der Waals surface area contributed by atoms with Gasteiger partial charge in [0.15, 0.2) is 12.4 Å². The number of carboxylic acid groups (broad SMARTS) is 1. The lowest BCUT2D eigenvalue weighted by atomic mass is 10.0. The molecular weight excluding hydrogens is 935 g/mol. The molecule has 0 aliphatic heterocycles. The van der Waals surface area contributed by atoms with Crippen LogP contribution in [0.4, 0.5) is 0 Å². The molecule has 2 unspecified atom stereocenters. The lowest BCUT2D eigenvalue weighted by Gasteiger charge is -2.26. The zero-order valence-electron chi connectivity index (χ0n) is 49.9. The summed E-state index contributed by atoms with van der Waals surface area (Å²) in [6.07, 6.45) is 69.0. The third kappa shape index (κ3) is 58.8. The number of aliphatic carboxylic acids is 1. The van der Waals surface area contributed by atoms with Crippen molar-refractivity contribution in [3.8, 4) is 0 Å². The molecule has 0 heterocycles. The van der Waals surface area contributed by atoms with Crippen molar-refractivity contribution in [3.05, 3.63) is 48.6 Å². The van der Waals surface area contributed by atoms with Crippen molar-refractivity contribution in [1.29, 1.82) is 0 Å². The van der Waals surface area contributed by atoms with Crippen molar-refractivity contribution in [1.82, 2.24) is 0 Å². The van der Waals surface area contributed by atoms with Gasteiger partial charge in [0.05, 0.1) is 40.3 Å². The first kappa shape index (κ1) is 72.2. The van der Waals surface area contributed by atoms with E-state index in [1.807, 2.05) is 21.1 Å². The molecule has 0 saturated heterocycles. The maximum atomic E-state index is 12.9. The highest BCUT2D eigenvalue weighted by molar-refractivity contribution is 5.70. The summed E-state index contributed by atoms with van der Waals surface area (Å²) in [6.45, 7) is 4.68. The summed E-state index contributed by atoms with van der Waals surface area (Å²) in [6, 6.07) is 0. The van der Waals surface area contributed by atoms with Gasteiger partial charge >= 0.3 is 11.9 Å². The lowest BCUT2D eigenvalue weighted by molar-refractivity contribution is -0.870. The van der Waals surface area contributed by atoms with E-state index < -0.39 is 24.3 Å². The summed E-state index contributed by atoms with van der Waals surface area (Å²) >= 11 is 0. The van der Waals surface area contributed by atoms with Gasteiger partial charge in [0, 0.05) is 12.8 Å². The predicted octanol–water partition coefficient (Wildman–Crippen LogP) is 17.7. The van der Waals surface area contributed by atoms with E-state index in [4.69, 9.17) is 18.9 Å². The number of carbonyl (C=O) groups is 3. The number of unbranched alkanes of at least 4 members (excludes halogenated alkanes) is 36. The number of esters is 2. The molecule has 0 aromatic heterocycles. The molecule has 0 aromatic rings. The molecule has 0 aliphatic carbocycles. The molecule has 0 saturated carbocycles. The number of quaternary nitrogens is 1. The van der Waals surface area contributed by atoms with Crippen LogP contribution in [0.25, 0.3) is 0 Å². The van der Waals surface area contributed by atoms with Crippen molar-refractivity contribution in [2.45, 2.75) is 309 Å². The van der Waals surface area contributed by atoms with Crippen LogP contribution in [0, 0.1) is 0 Å². The summed E-state index contributed by atoms with van der Waals surface area (Å²) in [5, 5.41) is 11.8. The van der Waals surface area contributed by atoms with Crippen molar-refractivity contribution in [3.63, 3.8) is 0 Å². The summed E-state index contributed by atoms with van der Waals surface area (Å²) in [4.78, 5) is 37.3. The number of hydrogen-bond donors (Lipinski definition) is 0. The Morgan fingerprint density at radius 1 is 0.413 bits per heavy atom. The highest BCUT2D eigenvalue weighted by atomic mass is 16.7. The molecule has 75 heavy (non-hydrogen) atoms. The second-order valence-electron chi connectivity index (χ2n) is 22.7. The Kier molecular flexibility index (Phi) is 55.3. The van der Waals surface area contributed by atoms with Gasteiger partial charge in [0.25, 0.3) is 0 Å². The van der Waals surface area contributed by atoms with Gasteiger partial charge in [-0.2, -0.15) is 0 Å². The normalized spacial score (nSPS) is 13.0. The van der Waals surface area contributed by atoms with Crippen LogP contribution >= 0.6 is 0 Å². The van der Waals surface area contributed by atoms with Gasteiger partial charge in [-0.05, 0) is 51.4 Å². The Morgan fingerprint density at radius 2 is 0.760 bits per heavy atom. The minimum absolute atomic E-state index is 0.151. The van der Waals surface area contributed by atoms with Crippen molar-refractivity contribution in [2.75, 3.05) is 47.5 Å². The first-order valence-corrected chi connectivity index (χ1v) is 31.8. The molecule has 0 spiro atoms. The molecule has 0 fully saturated rings. The first-order chi connectivity index (χ1) is 36.6. The van der Waals surface area contributed by atoms with E-state index in [-0.39, 0.29) is 32.2 Å². The highest BCUT2D eigenvalue weighted by Crippen LogP contribution is 2.18. The SMILES string of the molecule is CC/C=C\C/C=C\C/C=C\C/C=C\CCCCCCCCCCCCCCCCCCCCCCCCC(=O)OC(COC(=O)CCCCCCCCCCCCCCCCC)COC(OCC[N+](C)(C)C)C(=O)[O-]. The maximum Gasteiger partial charge on any atom is 0.306 e. The predicted molar refractivity (Wildman–Crippen MR) is 315 cm³/mol. The van der Waals surface area contributed by atoms with E-state index in [0.29, 0.717) is 17.4 Å². The van der Waals surface area contributed by atoms with Crippen LogP contribution in [-0.2, 0) is 33.3 Å². The van der Waals surface area contributed by atoms with Gasteiger partial charge in [0.1, 0.15) is 13.2 Å². The Hall–Kier alpha value is -2.75. The molecular formula is C66H121NO8. The number of carbonyl (C=O) groups excluding carboxylic acids is 3. The van der Waals surface area contributed by atoms with Crippen LogP contribution in [0.2, 0.25) is 0 Å². The fraction of sp³-hybridized carbons (Fsp3) is 0.833. The maximum absolute atomic E-state index is 12.9. The lowest BCUT2D eigenvalue weighted by Crippen LogP contribution is -2.44. The van der Waals surface area contributed by atoms with Gasteiger partial charge in [-0.3, -0.25) is 9.59 Å². The van der Waals surface area contributed by atoms with Crippen LogP contribution in [0.1, 0.15) is 296 Å². The van der Waals surface area contributed by atoms with E-state index >= 15 is 0 Å². The molecule has 438 valence electrons. The smallest absolute Gasteiger partial charge is 0.306 e. The summed E-state index contributed by atoms with van der Waals surface area (Å²) in [5.74, 6) is -2.26. The van der Waals surface area contributed by atoms with Crippen LogP contribution in [0.3, 0.4) is 0 Å². The van der Waals surface area contributed by atoms with Crippen LogP contribution in [0.5, 0.6) is 0 Å². The quantitative estimate of drug-likeness (QED) is 0.0195. The molecule has 0 N–H and O–H groups in total. The summed E-state index contributed by atoms with van der Waals surface area (Å²) < 4.78 is 22.7. The molecule has 0 rings (SSSR count). The number of likely N-dealkylation sites (N-methyl/N-ethyl adjacent to an activating group) is 1. The largest absolute Gasteiger partial charge is 0.545 e. The fourth-order valence-corrected chi connectivity index (χ4v) is 9.24. The van der Waals surface area contributed by atoms with Gasteiger partial charge in [-0.15, -0.1) is 0 Å². The number of rotatable bonds is 59. The van der Waals surface area contributed by atoms with Crippen LogP contribution < -0.4 is 5.11 Å². The molecule has 0 aromatic carbocycles. The standard InChI is InChI=1S/C66H121NO8/c1-6-8-10-12-14-16-18-20-22-23-24-25-26-27-28-29-30-31-32-33-34-35-36-37-38-39-40-41-43-45-47-49-51-53-55-57-64(69)75-62(61-74-66(65(70)71)72-59-58-67(3,4)5)60-73-63(68)56-54-52-50-48-46-44-42-21-19-17-15-13-11-9-7-2/h8,10,14,16,20,22,24-25,62,66H,6-7,9,11-13,15,17-19,21,23,26-61H2,1-5H3/b10-8-,16-14-,22-20-,25-24-. The van der Waals surface area contributed by atoms with Crippen molar-refractivity contribution < 1.29 is 42.9 Å². The molecule has 0 aliphatic rings. The number of carboxylic acids is 1. The Morgan fingerprint density at radius 3 is 1.13 bits per heavy atom. The summed E-state index contributed by atoms with van der Waals surface area (Å²) in [7, 11) is 5.93. The number of hydrogen-bond acceptors (Lipinski definition) is 8. The average molecular weight is 1060 g/mol. The Balaban J connectivity index is 4.02. The molecule has 0 bridgehead atoms. The molecule has 0 amide bonds. The van der Waals surface area contributed by atoms with Gasteiger partial charge < -0.3 is 33.3 Å². The third-order valence-electron chi connectivity index (χ3n) is 14.1. The van der Waals surface area contributed by atoms with Gasteiger partial charge in [-0.25, -0.2) is 0 Å². The van der Waals surface area contributed by atoms with Crippen LogP contribution in [0.15, 0.2) is 48.6 Å². The Labute approximate surface area is 463 Å². The van der Waals surface area contributed by atoms with E-state index in [2.05, 4.69) is 62.5 Å². The number of allylic oxidation sites excluding steroid dienone is 8. The minimum Gasteiger partial charge on any atom is -0.545 e. The second-order valence-corrected chi connectivity index (χ2v) is 22.7. The third-order valence-corrected chi connectivity index (χ3v) is 14.1. The van der Waals surface area contributed by atoms with E-state index in [9.17, 15) is 19.5 Å². The molecule has 9 nitrogen and oxygen atoms in total. The fourth-order valence-electron chi connectivity index (χ4n) is 9.24. The van der Waals surface area contributed by atoms with E-state index in [0.717, 1.165) is 64.2 Å². The number of nitrogens with zero attached hydrogens (tertiary/aromatic N) is 1. The van der Waals surface area contributed by atoms with Gasteiger partial charge in [0.2, 0.25) is 0 Å². The Bertz CT molecular complexity index is 1370. The average Bonchev–Trinajstić information content (AvgIpc) is 3.38. The highest BCUT2D eigenvalue weighted by Gasteiger charge is 2.22. The van der Waals surface area contributed by atoms with E-state index in [1.165, 1.54) is 205 Å². The monoisotopic (exact) mass is 1060 g/mol. The van der Waals surface area contributed by atoms with Crippen molar-refractivity contribution >= 4 is 17.9 Å². The zero-order chi connectivity index (χ0) is 54.8. The zero-order valence-corrected chi connectivity index (χ0v) is 49.9. The molecule has 0 radical (unpaired) electrons.